The van der Waals surface area contributed by atoms with Crippen LogP contribution in [0.1, 0.15) is 26.3 Å². The first-order chi connectivity index (χ1) is 16.5. The van der Waals surface area contributed by atoms with Crippen LogP contribution in [0.15, 0.2) is 41.4 Å². The van der Waals surface area contributed by atoms with Crippen molar-refractivity contribution in [2.75, 3.05) is 49.7 Å². The fraction of sp³-hybridized carbons (Fsp3) is 0.462. The topological polar surface area (TPSA) is 76.0 Å². The molecule has 8 heteroatoms. The zero-order chi connectivity index (χ0) is 23.7. The van der Waals surface area contributed by atoms with Crippen molar-refractivity contribution in [3.63, 3.8) is 0 Å². The molecule has 2 aliphatic rings. The van der Waals surface area contributed by atoms with Crippen molar-refractivity contribution in [2.45, 2.75) is 39.0 Å². The maximum absolute atomic E-state index is 5.94. The average molecular weight is 461 g/mol. The van der Waals surface area contributed by atoms with Gasteiger partial charge in [-0.1, -0.05) is 24.3 Å². The van der Waals surface area contributed by atoms with Crippen LogP contribution in [-0.4, -0.2) is 79.3 Å². The quantitative estimate of drug-likeness (QED) is 0.551. The molecule has 0 bridgehead atoms. The molecule has 5 rings (SSSR count). The highest BCUT2D eigenvalue weighted by Gasteiger charge is 2.28. The van der Waals surface area contributed by atoms with Gasteiger partial charge < -0.3 is 19.3 Å². The van der Waals surface area contributed by atoms with E-state index >= 15 is 0 Å². The highest BCUT2D eigenvalue weighted by atomic mass is 16.5. The second-order valence-electron chi connectivity index (χ2n) is 9.20. The Morgan fingerprint density at radius 1 is 0.971 bits per heavy atom. The van der Waals surface area contributed by atoms with Crippen LogP contribution in [0.4, 0.5) is 11.8 Å². The third-order valence-corrected chi connectivity index (χ3v) is 6.35. The fourth-order valence-electron chi connectivity index (χ4n) is 4.78. The first kappa shape index (κ1) is 22.7. The van der Waals surface area contributed by atoms with Crippen molar-refractivity contribution >= 4 is 29.0 Å². The molecule has 3 aromatic rings. The van der Waals surface area contributed by atoms with E-state index in [0.717, 1.165) is 47.7 Å². The van der Waals surface area contributed by atoms with Crippen LogP contribution in [-0.2, 0) is 9.47 Å². The highest BCUT2D eigenvalue weighted by molar-refractivity contribution is 5.90. The molecule has 0 radical (unpaired) electrons. The summed E-state index contributed by atoms with van der Waals surface area (Å²) in [5.41, 5.74) is 3.71. The molecule has 34 heavy (non-hydrogen) atoms. The van der Waals surface area contributed by atoms with E-state index < -0.39 is 0 Å². The third kappa shape index (κ3) is 4.60. The van der Waals surface area contributed by atoms with Crippen molar-refractivity contribution in [3.8, 4) is 11.3 Å². The summed E-state index contributed by atoms with van der Waals surface area (Å²) in [5, 5.41) is 0.963. The Bertz CT molecular complexity index is 1170. The van der Waals surface area contributed by atoms with Crippen LogP contribution < -0.4 is 9.80 Å². The van der Waals surface area contributed by atoms with Crippen LogP contribution in [0.2, 0.25) is 0 Å². The Hall–Kier alpha value is -3.10. The van der Waals surface area contributed by atoms with Gasteiger partial charge in [0.1, 0.15) is 5.82 Å². The van der Waals surface area contributed by atoms with E-state index in [1.54, 1.807) is 7.05 Å². The monoisotopic (exact) mass is 460 g/mol. The number of benzene rings is 1. The lowest BCUT2D eigenvalue weighted by atomic mass is 10.1. The van der Waals surface area contributed by atoms with E-state index in [2.05, 4.69) is 72.0 Å². The predicted molar refractivity (Wildman–Crippen MR) is 136 cm³/mol. The molecule has 3 atom stereocenters. The molecular weight excluding hydrogens is 428 g/mol. The lowest BCUT2D eigenvalue weighted by Crippen LogP contribution is -2.47. The Balaban J connectivity index is 1.60. The number of pyridine rings is 1. The summed E-state index contributed by atoms with van der Waals surface area (Å²) in [5.74, 6) is 1.64. The molecule has 0 saturated carbocycles. The van der Waals surface area contributed by atoms with Crippen LogP contribution in [0.5, 0.6) is 0 Å². The molecule has 4 heterocycles. The van der Waals surface area contributed by atoms with E-state index in [-0.39, 0.29) is 18.2 Å². The minimum Gasteiger partial charge on any atom is -0.377 e. The summed E-state index contributed by atoms with van der Waals surface area (Å²) in [6.45, 7) is 10.1. The standard InChI is InChI=1S/C26H32N6O2/c1-17-16-33-12-11-32(17)25-22-9-10-23(21-7-5-20(6-8-21)13-27-4)28-24(22)29-26(30-25)31-14-18(2)34-19(3)15-31/h5-10,13,17-19H,11-12,14-16H2,1-4H3/b27-13-/t17-,18-,19+/m0/s1. The smallest absolute Gasteiger partial charge is 0.229 e. The first-order valence-electron chi connectivity index (χ1n) is 12.0. The molecule has 178 valence electrons. The summed E-state index contributed by atoms with van der Waals surface area (Å²) in [6, 6.07) is 12.6. The van der Waals surface area contributed by atoms with Crippen molar-refractivity contribution in [3.05, 3.63) is 42.0 Å². The van der Waals surface area contributed by atoms with E-state index in [0.29, 0.717) is 24.8 Å². The zero-order valence-corrected chi connectivity index (χ0v) is 20.3. The number of morpholine rings is 2. The van der Waals surface area contributed by atoms with Gasteiger partial charge in [0.05, 0.1) is 42.5 Å². The molecule has 0 aliphatic carbocycles. The maximum atomic E-state index is 5.94. The molecule has 0 N–H and O–H groups in total. The number of ether oxygens (including phenoxy) is 2. The van der Waals surface area contributed by atoms with Crippen LogP contribution in [0.3, 0.4) is 0 Å². The number of rotatable bonds is 4. The van der Waals surface area contributed by atoms with Crippen molar-refractivity contribution < 1.29 is 9.47 Å². The number of aromatic nitrogens is 3. The summed E-state index contributed by atoms with van der Waals surface area (Å²) in [7, 11) is 1.78. The van der Waals surface area contributed by atoms with Crippen LogP contribution >= 0.6 is 0 Å². The van der Waals surface area contributed by atoms with Gasteiger partial charge in [-0.15, -0.1) is 0 Å². The van der Waals surface area contributed by atoms with Gasteiger partial charge in [0.15, 0.2) is 5.65 Å². The van der Waals surface area contributed by atoms with Crippen molar-refractivity contribution in [1.82, 2.24) is 15.0 Å². The summed E-state index contributed by atoms with van der Waals surface area (Å²) in [4.78, 5) is 23.7. The third-order valence-electron chi connectivity index (χ3n) is 6.35. The van der Waals surface area contributed by atoms with Gasteiger partial charge in [0, 0.05) is 38.5 Å². The van der Waals surface area contributed by atoms with Gasteiger partial charge in [0.25, 0.3) is 0 Å². The molecule has 0 unspecified atom stereocenters. The summed E-state index contributed by atoms with van der Waals surface area (Å²) >= 11 is 0. The van der Waals surface area contributed by atoms with Gasteiger partial charge >= 0.3 is 0 Å². The lowest BCUT2D eigenvalue weighted by molar-refractivity contribution is -0.00570. The van der Waals surface area contributed by atoms with Gasteiger partial charge in [-0.2, -0.15) is 9.97 Å². The Morgan fingerprint density at radius 3 is 2.44 bits per heavy atom. The molecule has 1 aromatic carbocycles. The normalized spacial score (nSPS) is 23.7. The van der Waals surface area contributed by atoms with E-state index in [4.69, 9.17) is 24.4 Å². The number of anilines is 2. The number of hydrogen-bond donors (Lipinski definition) is 0. The average Bonchev–Trinajstić information content (AvgIpc) is 2.83. The van der Waals surface area contributed by atoms with E-state index in [1.165, 1.54) is 0 Å². The van der Waals surface area contributed by atoms with Crippen molar-refractivity contribution in [2.24, 2.45) is 4.99 Å². The Labute approximate surface area is 200 Å². The van der Waals surface area contributed by atoms with Gasteiger partial charge in [-0.05, 0) is 38.5 Å². The predicted octanol–water partition coefficient (Wildman–Crippen LogP) is 3.58. The van der Waals surface area contributed by atoms with Crippen LogP contribution in [0, 0.1) is 0 Å². The second-order valence-corrected chi connectivity index (χ2v) is 9.20. The Morgan fingerprint density at radius 2 is 1.74 bits per heavy atom. The molecule has 2 aliphatic heterocycles. The van der Waals surface area contributed by atoms with Crippen molar-refractivity contribution in [1.29, 1.82) is 0 Å². The highest BCUT2D eigenvalue weighted by Crippen LogP contribution is 2.31. The molecular formula is C26H32N6O2. The molecule has 0 amide bonds. The summed E-state index contributed by atoms with van der Waals surface area (Å²) in [6.07, 6.45) is 2.09. The van der Waals surface area contributed by atoms with Gasteiger partial charge in [-0.3, -0.25) is 4.99 Å². The molecule has 0 spiro atoms. The number of fused-ring (bicyclic) bond motifs is 1. The van der Waals surface area contributed by atoms with Crippen LogP contribution in [0.25, 0.3) is 22.3 Å². The SMILES string of the molecule is C/N=C\c1ccc(-c2ccc3c(N4CCOC[C@@H]4C)nc(N4C[C@@H](C)O[C@@H](C)C4)nc3n2)cc1. The fourth-order valence-corrected chi connectivity index (χ4v) is 4.78. The zero-order valence-electron chi connectivity index (χ0n) is 20.3. The molecule has 8 nitrogen and oxygen atoms in total. The largest absolute Gasteiger partial charge is 0.377 e. The maximum Gasteiger partial charge on any atom is 0.229 e. The Kier molecular flexibility index (Phi) is 6.43. The lowest BCUT2D eigenvalue weighted by Gasteiger charge is -2.37. The minimum atomic E-state index is 0.123. The second kappa shape index (κ2) is 9.64. The first-order valence-corrected chi connectivity index (χ1v) is 12.0. The molecule has 2 aromatic heterocycles. The molecule has 2 fully saturated rings. The summed E-state index contributed by atoms with van der Waals surface area (Å²) < 4.78 is 11.6. The van der Waals surface area contributed by atoms with Gasteiger partial charge in [-0.25, -0.2) is 4.98 Å². The molecule has 2 saturated heterocycles. The number of nitrogens with zero attached hydrogens (tertiary/aromatic N) is 6. The van der Waals surface area contributed by atoms with E-state index in [9.17, 15) is 0 Å². The number of hydrogen-bond acceptors (Lipinski definition) is 8. The van der Waals surface area contributed by atoms with E-state index in [1.807, 2.05) is 6.21 Å². The number of aliphatic imine (C=N–C) groups is 1. The minimum absolute atomic E-state index is 0.123. The van der Waals surface area contributed by atoms with Gasteiger partial charge in [0.2, 0.25) is 5.95 Å².